The van der Waals surface area contributed by atoms with Crippen molar-refractivity contribution in [3.63, 3.8) is 0 Å². The minimum atomic E-state index is -3.18. The van der Waals surface area contributed by atoms with Crippen molar-refractivity contribution in [1.82, 2.24) is 9.55 Å². The molecular weight excluding hydrogens is 471 g/mol. The zero-order valence-corrected chi connectivity index (χ0v) is 20.9. The predicted molar refractivity (Wildman–Crippen MR) is 155 cm³/mol. The number of pyridine rings is 1. The standard InChI is InChI=1S/C33H23N2OP/c36-37(26-13-5-2-6-14-26,28-18-17-24-10-9-21-34-31(24)23-28)27-19-20-33-30(22-27)29-15-7-8-16-32(29)35(33)25-11-3-1-4-12-25/h1-23H. The summed E-state index contributed by atoms with van der Waals surface area (Å²) in [6.07, 6.45) is 1.78. The molecule has 3 nitrogen and oxygen atoms in total. The molecule has 0 saturated carbocycles. The van der Waals surface area contributed by atoms with Crippen LogP contribution >= 0.6 is 7.14 Å². The molecule has 0 bridgehead atoms. The van der Waals surface area contributed by atoms with Gasteiger partial charge >= 0.3 is 0 Å². The van der Waals surface area contributed by atoms with Gasteiger partial charge in [-0.05, 0) is 48.5 Å². The van der Waals surface area contributed by atoms with Gasteiger partial charge in [0.25, 0.3) is 0 Å². The molecule has 7 rings (SSSR count). The van der Waals surface area contributed by atoms with Crippen molar-refractivity contribution in [3.8, 4) is 5.69 Å². The molecule has 0 spiro atoms. The summed E-state index contributed by atoms with van der Waals surface area (Å²) in [5.74, 6) is 0. The molecule has 5 aromatic carbocycles. The third kappa shape index (κ3) is 3.43. The van der Waals surface area contributed by atoms with Crippen molar-refractivity contribution in [2.75, 3.05) is 0 Å². The monoisotopic (exact) mass is 494 g/mol. The van der Waals surface area contributed by atoms with Gasteiger partial charge in [0.2, 0.25) is 0 Å². The SMILES string of the molecule is O=P(c1ccccc1)(c1ccc2cccnc2c1)c1ccc2c(c1)c1ccccc1n2-c1ccccc1. The summed E-state index contributed by atoms with van der Waals surface area (Å²) in [5.41, 5.74) is 4.17. The number of fused-ring (bicyclic) bond motifs is 4. The van der Waals surface area contributed by atoms with Crippen molar-refractivity contribution >= 4 is 55.8 Å². The van der Waals surface area contributed by atoms with Gasteiger partial charge in [-0.25, -0.2) is 0 Å². The van der Waals surface area contributed by atoms with Gasteiger partial charge in [-0.1, -0.05) is 84.9 Å². The lowest BCUT2D eigenvalue weighted by atomic mass is 10.1. The normalized spacial score (nSPS) is 13.2. The fraction of sp³-hybridized carbons (Fsp3) is 0. The maximum atomic E-state index is 15.3. The first-order valence-corrected chi connectivity index (χ1v) is 14.0. The lowest BCUT2D eigenvalue weighted by Crippen LogP contribution is -2.25. The first-order chi connectivity index (χ1) is 18.2. The second-order valence-electron chi connectivity index (χ2n) is 9.21. The minimum absolute atomic E-state index is 0.788. The van der Waals surface area contributed by atoms with E-state index in [-0.39, 0.29) is 0 Å². The smallest absolute Gasteiger partial charge is 0.171 e. The third-order valence-corrected chi connectivity index (χ3v) is 10.1. The number of hydrogen-bond acceptors (Lipinski definition) is 2. The van der Waals surface area contributed by atoms with Crippen LogP contribution in [0.4, 0.5) is 0 Å². The number of benzene rings is 5. The van der Waals surface area contributed by atoms with E-state index in [1.165, 1.54) is 0 Å². The zero-order chi connectivity index (χ0) is 24.8. The van der Waals surface area contributed by atoms with Gasteiger partial charge in [0.15, 0.2) is 7.14 Å². The Morgan fingerprint density at radius 2 is 1.22 bits per heavy atom. The van der Waals surface area contributed by atoms with E-state index >= 15 is 4.57 Å². The Morgan fingerprint density at radius 3 is 2.05 bits per heavy atom. The fourth-order valence-electron chi connectivity index (χ4n) is 5.35. The fourth-order valence-corrected chi connectivity index (χ4v) is 8.02. The summed E-state index contributed by atoms with van der Waals surface area (Å²) in [5, 5.41) is 5.69. The molecule has 0 amide bonds. The molecule has 37 heavy (non-hydrogen) atoms. The Hall–Kier alpha value is -4.46. The molecular formula is C33H23N2OP. The molecule has 0 aliphatic heterocycles. The quantitative estimate of drug-likeness (QED) is 0.248. The summed E-state index contributed by atoms with van der Waals surface area (Å²) in [7, 11) is -3.18. The van der Waals surface area contributed by atoms with Gasteiger partial charge in [0.1, 0.15) is 0 Å². The van der Waals surface area contributed by atoms with Crippen molar-refractivity contribution in [3.05, 3.63) is 140 Å². The second kappa shape index (κ2) is 8.58. The maximum Gasteiger partial charge on any atom is 0.171 e. The number of hydrogen-bond donors (Lipinski definition) is 0. The second-order valence-corrected chi connectivity index (χ2v) is 12.0. The summed E-state index contributed by atoms with van der Waals surface area (Å²) in [4.78, 5) is 4.55. The van der Waals surface area contributed by atoms with Gasteiger partial charge in [-0.2, -0.15) is 0 Å². The average Bonchev–Trinajstić information content (AvgIpc) is 3.31. The van der Waals surface area contributed by atoms with E-state index in [1.807, 2.05) is 72.8 Å². The molecule has 4 heteroatoms. The van der Waals surface area contributed by atoms with E-state index in [0.717, 1.165) is 54.3 Å². The molecule has 0 aliphatic rings. The minimum Gasteiger partial charge on any atom is -0.309 e. The molecule has 2 aromatic heterocycles. The van der Waals surface area contributed by atoms with Crippen LogP contribution in [0.25, 0.3) is 38.4 Å². The van der Waals surface area contributed by atoms with Gasteiger partial charge in [0, 0.05) is 44.0 Å². The number of aromatic nitrogens is 2. The van der Waals surface area contributed by atoms with Crippen LogP contribution in [0.1, 0.15) is 0 Å². The average molecular weight is 495 g/mol. The Morgan fingerprint density at radius 1 is 0.541 bits per heavy atom. The van der Waals surface area contributed by atoms with Gasteiger partial charge < -0.3 is 9.13 Å². The Bertz CT molecular complexity index is 1960. The molecule has 2 heterocycles. The zero-order valence-electron chi connectivity index (χ0n) is 20.0. The summed E-state index contributed by atoms with van der Waals surface area (Å²) < 4.78 is 17.6. The number of rotatable bonds is 4. The van der Waals surface area contributed by atoms with Crippen LogP contribution in [0.15, 0.2) is 140 Å². The molecule has 0 aliphatic carbocycles. The predicted octanol–water partition coefficient (Wildman–Crippen LogP) is 6.97. The molecule has 0 saturated heterocycles. The van der Waals surface area contributed by atoms with E-state index in [9.17, 15) is 0 Å². The highest BCUT2D eigenvalue weighted by atomic mass is 31.2. The third-order valence-electron chi connectivity index (χ3n) is 7.11. The first kappa shape index (κ1) is 21.8. The highest BCUT2D eigenvalue weighted by Gasteiger charge is 2.31. The molecule has 7 aromatic rings. The van der Waals surface area contributed by atoms with Crippen LogP contribution in [-0.4, -0.2) is 9.55 Å². The van der Waals surface area contributed by atoms with Crippen LogP contribution in [0.3, 0.4) is 0 Å². The largest absolute Gasteiger partial charge is 0.309 e. The van der Waals surface area contributed by atoms with Crippen LogP contribution in [0, 0.1) is 0 Å². The topological polar surface area (TPSA) is 34.9 Å². The molecule has 0 radical (unpaired) electrons. The summed E-state index contributed by atoms with van der Waals surface area (Å²) in [6.45, 7) is 0. The van der Waals surface area contributed by atoms with Crippen molar-refractivity contribution in [2.24, 2.45) is 0 Å². The van der Waals surface area contributed by atoms with Crippen molar-refractivity contribution in [1.29, 1.82) is 0 Å². The number of para-hydroxylation sites is 2. The maximum absolute atomic E-state index is 15.3. The van der Waals surface area contributed by atoms with E-state index < -0.39 is 7.14 Å². The van der Waals surface area contributed by atoms with Crippen LogP contribution < -0.4 is 15.9 Å². The van der Waals surface area contributed by atoms with Gasteiger partial charge in [-0.15, -0.1) is 0 Å². The van der Waals surface area contributed by atoms with Crippen molar-refractivity contribution < 1.29 is 4.57 Å². The summed E-state index contributed by atoms with van der Waals surface area (Å²) in [6, 6.07) is 44.9. The Labute approximate surface area is 215 Å². The van der Waals surface area contributed by atoms with Crippen LogP contribution in [-0.2, 0) is 4.57 Å². The Balaban J connectivity index is 1.53. The van der Waals surface area contributed by atoms with E-state index in [0.29, 0.717) is 0 Å². The Kier molecular flexibility index (Phi) is 5.06. The molecule has 176 valence electrons. The molecule has 1 unspecified atom stereocenters. The summed E-state index contributed by atoms with van der Waals surface area (Å²) >= 11 is 0. The lowest BCUT2D eigenvalue weighted by molar-refractivity contribution is 0.592. The molecule has 0 fully saturated rings. The van der Waals surface area contributed by atoms with E-state index in [2.05, 4.69) is 70.2 Å². The lowest BCUT2D eigenvalue weighted by Gasteiger charge is -2.20. The van der Waals surface area contributed by atoms with Gasteiger partial charge in [0.05, 0.1) is 16.6 Å². The highest BCUT2D eigenvalue weighted by molar-refractivity contribution is 7.85. The van der Waals surface area contributed by atoms with Gasteiger partial charge in [-0.3, -0.25) is 4.98 Å². The van der Waals surface area contributed by atoms with E-state index in [4.69, 9.17) is 0 Å². The number of nitrogens with zero attached hydrogens (tertiary/aromatic N) is 2. The van der Waals surface area contributed by atoms with Crippen LogP contribution in [0.5, 0.6) is 0 Å². The van der Waals surface area contributed by atoms with Crippen molar-refractivity contribution in [2.45, 2.75) is 0 Å². The highest BCUT2D eigenvalue weighted by Crippen LogP contribution is 2.44. The van der Waals surface area contributed by atoms with Crippen LogP contribution in [0.2, 0.25) is 0 Å². The van der Waals surface area contributed by atoms with E-state index in [1.54, 1.807) is 6.20 Å². The molecule has 1 atom stereocenters. The first-order valence-electron chi connectivity index (χ1n) is 12.3. The molecule has 0 N–H and O–H groups in total.